The third kappa shape index (κ3) is 4.39. The van der Waals surface area contributed by atoms with Crippen LogP contribution in [0.1, 0.15) is 25.5 Å². The number of hydrogen-bond acceptors (Lipinski definition) is 4. The fourth-order valence-electron chi connectivity index (χ4n) is 2.26. The quantitative estimate of drug-likeness (QED) is 0.856. The zero-order chi connectivity index (χ0) is 16.2. The molecule has 0 saturated heterocycles. The molecule has 6 heteroatoms. The van der Waals surface area contributed by atoms with Gasteiger partial charge in [-0.15, -0.1) is 11.3 Å². The van der Waals surface area contributed by atoms with Gasteiger partial charge in [0.1, 0.15) is 5.01 Å². The Morgan fingerprint density at radius 2 is 2.00 bits per heavy atom. The summed E-state index contributed by atoms with van der Waals surface area (Å²) in [5.41, 5.74) is 2.80. The summed E-state index contributed by atoms with van der Waals surface area (Å²) in [7, 11) is 0. The number of rotatable bonds is 6. The van der Waals surface area contributed by atoms with Crippen LogP contribution in [0.5, 0.6) is 0 Å². The number of aromatic nitrogens is 1. The van der Waals surface area contributed by atoms with E-state index in [1.54, 1.807) is 11.3 Å². The topological polar surface area (TPSA) is 71.1 Å². The van der Waals surface area contributed by atoms with Crippen LogP contribution >= 0.6 is 11.3 Å². The average Bonchev–Trinajstić information content (AvgIpc) is 3.27. The molecule has 0 atom stereocenters. The van der Waals surface area contributed by atoms with E-state index < -0.39 is 0 Å². The van der Waals surface area contributed by atoms with Gasteiger partial charge in [-0.05, 0) is 37.1 Å². The fourth-order valence-corrected chi connectivity index (χ4v) is 3.12. The number of nitrogens with zero attached hydrogens (tertiary/aromatic N) is 1. The lowest BCUT2D eigenvalue weighted by molar-refractivity contribution is -0.122. The van der Waals surface area contributed by atoms with Crippen molar-refractivity contribution in [2.24, 2.45) is 5.92 Å². The molecule has 0 bridgehead atoms. The van der Waals surface area contributed by atoms with Crippen LogP contribution in [0, 0.1) is 5.92 Å². The minimum absolute atomic E-state index is 0.0810. The Hall–Kier alpha value is -2.21. The molecule has 0 aliphatic heterocycles. The van der Waals surface area contributed by atoms with Gasteiger partial charge in [-0.3, -0.25) is 9.59 Å². The first-order chi connectivity index (χ1) is 11.1. The minimum atomic E-state index is -0.0810. The average molecular weight is 329 g/mol. The monoisotopic (exact) mass is 329 g/mol. The van der Waals surface area contributed by atoms with Gasteiger partial charge in [0, 0.05) is 42.4 Å². The maximum Gasteiger partial charge on any atom is 0.223 e. The summed E-state index contributed by atoms with van der Waals surface area (Å²) in [5.74, 6) is 0.347. The Kier molecular flexibility index (Phi) is 4.71. The molecule has 0 spiro atoms. The summed E-state index contributed by atoms with van der Waals surface area (Å²) in [6.07, 6.45) is 2.81. The van der Waals surface area contributed by atoms with Crippen molar-refractivity contribution in [2.75, 3.05) is 11.9 Å². The van der Waals surface area contributed by atoms with Crippen molar-refractivity contribution in [1.82, 2.24) is 10.3 Å². The van der Waals surface area contributed by atoms with Gasteiger partial charge in [0.05, 0.1) is 5.69 Å². The van der Waals surface area contributed by atoms with E-state index in [2.05, 4.69) is 15.6 Å². The van der Waals surface area contributed by atoms with Crippen molar-refractivity contribution < 1.29 is 9.59 Å². The summed E-state index contributed by atoms with van der Waals surface area (Å²) < 4.78 is 0. The van der Waals surface area contributed by atoms with Crippen LogP contribution in [0.2, 0.25) is 0 Å². The van der Waals surface area contributed by atoms with Crippen LogP contribution in [0.15, 0.2) is 29.6 Å². The molecule has 0 radical (unpaired) electrons. The number of hydrogen-bond donors (Lipinski definition) is 2. The summed E-state index contributed by atoms with van der Waals surface area (Å²) in [6, 6.07) is 7.63. The minimum Gasteiger partial charge on any atom is -0.355 e. The van der Waals surface area contributed by atoms with Crippen molar-refractivity contribution >= 4 is 28.8 Å². The smallest absolute Gasteiger partial charge is 0.223 e. The van der Waals surface area contributed by atoms with Gasteiger partial charge in [-0.25, -0.2) is 4.98 Å². The van der Waals surface area contributed by atoms with Crippen LogP contribution in [-0.2, 0) is 16.0 Å². The molecule has 5 nitrogen and oxygen atoms in total. The van der Waals surface area contributed by atoms with E-state index in [1.165, 1.54) is 6.92 Å². The number of benzene rings is 1. The maximum atomic E-state index is 11.6. The molecule has 1 fully saturated rings. The molecule has 2 N–H and O–H groups in total. The van der Waals surface area contributed by atoms with Crippen LogP contribution in [0.3, 0.4) is 0 Å². The standard InChI is InChI=1S/C17H19N3O2S/c1-11(21)19-14-6-4-13(5-7-14)17-20-15(10-23-17)8-9-18-16(22)12-2-3-12/h4-7,10,12H,2-3,8-9H2,1H3,(H,18,22)(H,19,21). The zero-order valence-electron chi connectivity index (χ0n) is 13.0. The Labute approximate surface area is 139 Å². The maximum absolute atomic E-state index is 11.6. The number of nitrogens with one attached hydrogen (secondary N) is 2. The molecule has 2 aromatic rings. The lowest BCUT2D eigenvalue weighted by Crippen LogP contribution is -2.26. The van der Waals surface area contributed by atoms with E-state index >= 15 is 0 Å². The van der Waals surface area contributed by atoms with Gasteiger partial charge in [-0.1, -0.05) is 0 Å². The van der Waals surface area contributed by atoms with E-state index in [9.17, 15) is 9.59 Å². The van der Waals surface area contributed by atoms with Gasteiger partial charge in [0.25, 0.3) is 0 Å². The second-order valence-corrected chi connectivity index (χ2v) is 6.58. The molecule has 1 aliphatic rings. The highest BCUT2D eigenvalue weighted by Gasteiger charge is 2.29. The van der Waals surface area contributed by atoms with E-state index in [4.69, 9.17) is 0 Å². The first-order valence-corrected chi connectivity index (χ1v) is 8.60. The lowest BCUT2D eigenvalue weighted by atomic mass is 10.2. The molecule has 0 unspecified atom stereocenters. The normalized spacial score (nSPS) is 13.6. The van der Waals surface area contributed by atoms with Crippen molar-refractivity contribution in [3.05, 3.63) is 35.3 Å². The third-order valence-corrected chi connectivity index (χ3v) is 4.57. The predicted octanol–water partition coefficient (Wildman–Crippen LogP) is 2.84. The first-order valence-electron chi connectivity index (χ1n) is 7.72. The van der Waals surface area contributed by atoms with E-state index in [1.807, 2.05) is 29.6 Å². The summed E-state index contributed by atoms with van der Waals surface area (Å²) in [6.45, 7) is 2.13. The summed E-state index contributed by atoms with van der Waals surface area (Å²) >= 11 is 1.59. The molecule has 1 aromatic carbocycles. The van der Waals surface area contributed by atoms with Crippen LogP contribution < -0.4 is 10.6 Å². The second kappa shape index (κ2) is 6.91. The molecule has 3 rings (SSSR count). The molecular formula is C17H19N3O2S. The van der Waals surface area contributed by atoms with Gasteiger partial charge < -0.3 is 10.6 Å². The first kappa shape index (κ1) is 15.7. The molecule has 1 saturated carbocycles. The fraction of sp³-hybridized carbons (Fsp3) is 0.353. The highest BCUT2D eigenvalue weighted by atomic mass is 32.1. The largest absolute Gasteiger partial charge is 0.355 e. The van der Waals surface area contributed by atoms with Crippen molar-refractivity contribution in [1.29, 1.82) is 0 Å². The number of carbonyl (C=O) groups excluding carboxylic acids is 2. The Balaban J connectivity index is 1.55. The molecule has 23 heavy (non-hydrogen) atoms. The Morgan fingerprint density at radius 3 is 2.65 bits per heavy atom. The Morgan fingerprint density at radius 1 is 1.26 bits per heavy atom. The number of amides is 2. The highest BCUT2D eigenvalue weighted by Crippen LogP contribution is 2.28. The summed E-state index contributed by atoms with van der Waals surface area (Å²) in [5, 5.41) is 8.67. The number of thiazole rings is 1. The van der Waals surface area contributed by atoms with Gasteiger partial charge in [0.2, 0.25) is 11.8 Å². The number of carbonyl (C=O) groups is 2. The van der Waals surface area contributed by atoms with Gasteiger partial charge >= 0.3 is 0 Å². The molecule has 2 amide bonds. The SMILES string of the molecule is CC(=O)Nc1ccc(-c2nc(CCNC(=O)C3CC3)cs2)cc1. The van der Waals surface area contributed by atoms with Crippen molar-refractivity contribution in [3.63, 3.8) is 0 Å². The molecule has 1 heterocycles. The van der Waals surface area contributed by atoms with E-state index in [0.717, 1.165) is 41.2 Å². The predicted molar refractivity (Wildman–Crippen MR) is 91.3 cm³/mol. The molecule has 120 valence electrons. The second-order valence-electron chi connectivity index (χ2n) is 5.72. The van der Waals surface area contributed by atoms with E-state index in [-0.39, 0.29) is 17.7 Å². The number of anilines is 1. The molecule has 1 aliphatic carbocycles. The zero-order valence-corrected chi connectivity index (χ0v) is 13.8. The van der Waals surface area contributed by atoms with Gasteiger partial charge in [0.15, 0.2) is 0 Å². The lowest BCUT2D eigenvalue weighted by Gasteiger charge is -2.03. The highest BCUT2D eigenvalue weighted by molar-refractivity contribution is 7.13. The van der Waals surface area contributed by atoms with Crippen LogP contribution in [-0.4, -0.2) is 23.3 Å². The molecule has 1 aromatic heterocycles. The van der Waals surface area contributed by atoms with Crippen LogP contribution in [0.25, 0.3) is 10.6 Å². The van der Waals surface area contributed by atoms with E-state index in [0.29, 0.717) is 6.54 Å². The van der Waals surface area contributed by atoms with Crippen LogP contribution in [0.4, 0.5) is 5.69 Å². The van der Waals surface area contributed by atoms with Crippen molar-refractivity contribution in [3.8, 4) is 10.6 Å². The third-order valence-electron chi connectivity index (χ3n) is 3.63. The molecular weight excluding hydrogens is 310 g/mol. The summed E-state index contributed by atoms with van der Waals surface area (Å²) in [4.78, 5) is 27.2. The van der Waals surface area contributed by atoms with Gasteiger partial charge in [-0.2, -0.15) is 0 Å². The Bertz CT molecular complexity index is 705. The van der Waals surface area contributed by atoms with Crippen molar-refractivity contribution in [2.45, 2.75) is 26.2 Å².